The highest BCUT2D eigenvalue weighted by atomic mass is 32.2. The number of rotatable bonds is 4. The molecule has 0 aliphatic rings. The number of nitrogens with one attached hydrogen (secondary N) is 1. The molecule has 3 rings (SSSR count). The Hall–Kier alpha value is -2.25. The van der Waals surface area contributed by atoms with E-state index in [2.05, 4.69) is 9.71 Å². The van der Waals surface area contributed by atoms with Crippen LogP contribution in [0.4, 0.5) is 5.69 Å². The third kappa shape index (κ3) is 2.86. The first-order chi connectivity index (χ1) is 10.5. The number of ketones is 1. The minimum atomic E-state index is -3.68. The highest BCUT2D eigenvalue weighted by Gasteiger charge is 2.15. The van der Waals surface area contributed by atoms with E-state index in [0.29, 0.717) is 11.3 Å². The summed E-state index contributed by atoms with van der Waals surface area (Å²) < 4.78 is 28.1. The molecule has 0 atom stereocenters. The zero-order chi connectivity index (χ0) is 15.7. The van der Waals surface area contributed by atoms with Gasteiger partial charge >= 0.3 is 0 Å². The molecule has 0 saturated heterocycles. The largest absolute Gasteiger partial charge is 0.295 e. The Morgan fingerprint density at radius 1 is 1.14 bits per heavy atom. The average molecular weight is 332 g/mol. The lowest BCUT2D eigenvalue weighted by Crippen LogP contribution is -2.13. The summed E-state index contributed by atoms with van der Waals surface area (Å²) in [6.45, 7) is 1.44. The van der Waals surface area contributed by atoms with Crippen LogP contribution in [0.2, 0.25) is 0 Å². The van der Waals surface area contributed by atoms with Crippen LogP contribution in [0.1, 0.15) is 17.3 Å². The molecule has 112 valence electrons. The van der Waals surface area contributed by atoms with Gasteiger partial charge in [-0.25, -0.2) is 13.4 Å². The van der Waals surface area contributed by atoms with Gasteiger partial charge in [0.1, 0.15) is 0 Å². The Balaban J connectivity index is 1.90. The summed E-state index contributed by atoms with van der Waals surface area (Å²) in [5.41, 5.74) is 3.50. The van der Waals surface area contributed by atoms with Gasteiger partial charge in [0.05, 0.1) is 26.3 Å². The smallest absolute Gasteiger partial charge is 0.261 e. The van der Waals surface area contributed by atoms with Crippen LogP contribution >= 0.6 is 11.3 Å². The third-order valence-electron chi connectivity index (χ3n) is 3.15. The van der Waals surface area contributed by atoms with E-state index in [1.165, 1.54) is 42.5 Å². The van der Waals surface area contributed by atoms with Crippen molar-refractivity contribution in [3.8, 4) is 0 Å². The van der Waals surface area contributed by atoms with Gasteiger partial charge in [0.15, 0.2) is 5.78 Å². The lowest BCUT2D eigenvalue weighted by Gasteiger charge is -2.08. The Morgan fingerprint density at radius 3 is 2.55 bits per heavy atom. The van der Waals surface area contributed by atoms with Gasteiger partial charge in [0.25, 0.3) is 10.0 Å². The Labute approximate surface area is 131 Å². The summed E-state index contributed by atoms with van der Waals surface area (Å²) in [6.07, 6.45) is 0. The second-order valence-corrected chi connectivity index (χ2v) is 7.29. The molecule has 0 spiro atoms. The molecule has 1 heterocycles. The quantitative estimate of drug-likeness (QED) is 0.744. The van der Waals surface area contributed by atoms with Crippen LogP contribution in [-0.2, 0) is 10.0 Å². The SMILES string of the molecule is CC(=O)c1ccc(S(=O)(=O)Nc2ccc3ncsc3c2)cc1. The van der Waals surface area contributed by atoms with Gasteiger partial charge in [-0.1, -0.05) is 12.1 Å². The highest BCUT2D eigenvalue weighted by molar-refractivity contribution is 7.92. The van der Waals surface area contributed by atoms with E-state index in [-0.39, 0.29) is 10.7 Å². The molecule has 0 bridgehead atoms. The maximum Gasteiger partial charge on any atom is 0.261 e. The number of nitrogens with zero attached hydrogens (tertiary/aromatic N) is 1. The molecule has 0 aliphatic carbocycles. The van der Waals surface area contributed by atoms with Gasteiger partial charge in [-0.2, -0.15) is 0 Å². The summed E-state index contributed by atoms with van der Waals surface area (Å²) in [5, 5.41) is 0. The lowest BCUT2D eigenvalue weighted by molar-refractivity contribution is 0.101. The molecule has 0 saturated carbocycles. The number of aromatic nitrogens is 1. The molecule has 1 N–H and O–H groups in total. The number of thiazole rings is 1. The maximum atomic E-state index is 12.3. The predicted octanol–water partition coefficient (Wildman–Crippen LogP) is 3.30. The fourth-order valence-electron chi connectivity index (χ4n) is 2.00. The van der Waals surface area contributed by atoms with E-state index < -0.39 is 10.0 Å². The first kappa shape index (κ1) is 14.7. The fourth-order valence-corrected chi connectivity index (χ4v) is 3.77. The number of fused-ring (bicyclic) bond motifs is 1. The van der Waals surface area contributed by atoms with E-state index in [4.69, 9.17) is 0 Å². The van der Waals surface area contributed by atoms with Crippen molar-refractivity contribution in [3.05, 3.63) is 53.5 Å². The highest BCUT2D eigenvalue weighted by Crippen LogP contribution is 2.24. The number of carbonyl (C=O) groups excluding carboxylic acids is 1. The molecule has 0 aliphatic heterocycles. The van der Waals surface area contributed by atoms with Crippen molar-refractivity contribution in [2.75, 3.05) is 4.72 Å². The molecule has 7 heteroatoms. The van der Waals surface area contributed by atoms with E-state index >= 15 is 0 Å². The zero-order valence-corrected chi connectivity index (χ0v) is 13.2. The molecular weight excluding hydrogens is 320 g/mol. The number of carbonyl (C=O) groups is 1. The number of benzene rings is 2. The first-order valence-corrected chi connectivity index (χ1v) is 8.79. The molecule has 1 aromatic heterocycles. The van der Waals surface area contributed by atoms with Gasteiger partial charge in [0, 0.05) is 5.56 Å². The Kier molecular flexibility index (Phi) is 3.67. The lowest BCUT2D eigenvalue weighted by atomic mass is 10.2. The first-order valence-electron chi connectivity index (χ1n) is 6.43. The number of anilines is 1. The van der Waals surface area contributed by atoms with Crippen molar-refractivity contribution < 1.29 is 13.2 Å². The van der Waals surface area contributed by atoms with Gasteiger partial charge < -0.3 is 0 Å². The zero-order valence-electron chi connectivity index (χ0n) is 11.6. The number of hydrogen-bond acceptors (Lipinski definition) is 5. The van der Waals surface area contributed by atoms with Gasteiger partial charge in [0.2, 0.25) is 0 Å². The van der Waals surface area contributed by atoms with Crippen LogP contribution in [0.15, 0.2) is 52.9 Å². The molecule has 0 amide bonds. The normalized spacial score (nSPS) is 11.5. The van der Waals surface area contributed by atoms with Crippen molar-refractivity contribution >= 4 is 43.0 Å². The minimum absolute atomic E-state index is 0.104. The summed E-state index contributed by atoms with van der Waals surface area (Å²) in [4.78, 5) is 15.5. The summed E-state index contributed by atoms with van der Waals surface area (Å²) in [5.74, 6) is -0.104. The third-order valence-corrected chi connectivity index (χ3v) is 5.34. The minimum Gasteiger partial charge on any atom is -0.295 e. The van der Waals surface area contributed by atoms with E-state index in [1.807, 2.05) is 0 Å². The van der Waals surface area contributed by atoms with Gasteiger partial charge in [-0.05, 0) is 37.3 Å². The number of Topliss-reactive ketones (excluding diaryl/α,β-unsaturated/α-hetero) is 1. The maximum absolute atomic E-state index is 12.3. The Bertz CT molecular complexity index is 944. The van der Waals surface area contributed by atoms with Gasteiger partial charge in [-0.15, -0.1) is 11.3 Å². The van der Waals surface area contributed by atoms with Crippen LogP contribution in [0.5, 0.6) is 0 Å². The number of hydrogen-bond donors (Lipinski definition) is 1. The fraction of sp³-hybridized carbons (Fsp3) is 0.0667. The van der Waals surface area contributed by atoms with Crippen LogP contribution in [0, 0.1) is 0 Å². The predicted molar refractivity (Wildman–Crippen MR) is 86.9 cm³/mol. The summed E-state index contributed by atoms with van der Waals surface area (Å²) >= 11 is 1.45. The average Bonchev–Trinajstić information content (AvgIpc) is 2.94. The summed E-state index contributed by atoms with van der Waals surface area (Å²) in [6, 6.07) is 11.0. The molecule has 0 fully saturated rings. The van der Waals surface area contributed by atoms with Gasteiger partial charge in [-0.3, -0.25) is 9.52 Å². The molecule has 5 nitrogen and oxygen atoms in total. The van der Waals surface area contributed by atoms with Crippen molar-refractivity contribution in [1.29, 1.82) is 0 Å². The molecular formula is C15H12N2O3S2. The topological polar surface area (TPSA) is 76.1 Å². The molecule has 2 aromatic carbocycles. The van der Waals surface area contributed by atoms with Crippen LogP contribution in [-0.4, -0.2) is 19.2 Å². The Morgan fingerprint density at radius 2 is 1.86 bits per heavy atom. The van der Waals surface area contributed by atoms with Crippen molar-refractivity contribution in [2.45, 2.75) is 11.8 Å². The number of sulfonamides is 1. The van der Waals surface area contributed by atoms with Crippen LogP contribution in [0.25, 0.3) is 10.2 Å². The van der Waals surface area contributed by atoms with Crippen molar-refractivity contribution in [2.24, 2.45) is 0 Å². The van der Waals surface area contributed by atoms with E-state index in [9.17, 15) is 13.2 Å². The molecule has 22 heavy (non-hydrogen) atoms. The second-order valence-electron chi connectivity index (χ2n) is 4.72. The van der Waals surface area contributed by atoms with E-state index in [1.54, 1.807) is 23.7 Å². The molecule has 0 radical (unpaired) electrons. The van der Waals surface area contributed by atoms with E-state index in [0.717, 1.165) is 10.2 Å². The molecule has 3 aromatic rings. The van der Waals surface area contributed by atoms with Crippen LogP contribution < -0.4 is 4.72 Å². The molecule has 0 unspecified atom stereocenters. The monoisotopic (exact) mass is 332 g/mol. The second kappa shape index (κ2) is 5.51. The van der Waals surface area contributed by atoms with Crippen molar-refractivity contribution in [1.82, 2.24) is 4.98 Å². The van der Waals surface area contributed by atoms with Crippen molar-refractivity contribution in [3.63, 3.8) is 0 Å². The van der Waals surface area contributed by atoms with Crippen LogP contribution in [0.3, 0.4) is 0 Å². The standard InChI is InChI=1S/C15H12N2O3S2/c1-10(18)11-2-5-13(6-3-11)22(19,20)17-12-4-7-14-15(8-12)21-9-16-14/h2-9,17H,1H3. The summed E-state index contributed by atoms with van der Waals surface area (Å²) in [7, 11) is -3.68.